The Morgan fingerprint density at radius 1 is 1.41 bits per heavy atom. The first-order valence-electron chi connectivity index (χ1n) is 5.14. The molecule has 1 amide bonds. The van der Waals surface area contributed by atoms with Gasteiger partial charge in [0.1, 0.15) is 5.82 Å². The van der Waals surface area contributed by atoms with Crippen LogP contribution in [0.25, 0.3) is 0 Å². The fraction of sp³-hybridized carbons (Fsp3) is 0.333. The first-order valence-corrected chi connectivity index (χ1v) is 5.14. The van der Waals surface area contributed by atoms with Crippen molar-refractivity contribution in [2.75, 3.05) is 0 Å². The van der Waals surface area contributed by atoms with Crippen LogP contribution in [0.3, 0.4) is 0 Å². The van der Waals surface area contributed by atoms with Crippen molar-refractivity contribution in [3.05, 3.63) is 34.6 Å². The molecule has 0 saturated carbocycles. The van der Waals surface area contributed by atoms with Crippen molar-refractivity contribution in [3.8, 4) is 0 Å². The third-order valence-corrected chi connectivity index (χ3v) is 2.53. The molecular weight excluding hydrogens is 225 g/mol. The van der Waals surface area contributed by atoms with Gasteiger partial charge in [-0.1, -0.05) is 6.07 Å². The van der Waals surface area contributed by atoms with Crippen molar-refractivity contribution in [2.24, 2.45) is 0 Å². The van der Waals surface area contributed by atoms with E-state index in [2.05, 4.69) is 5.32 Å². The van der Waals surface area contributed by atoms with Crippen LogP contribution in [0, 0.1) is 12.7 Å². The Kier molecular flexibility index (Phi) is 3.83. The Hall–Kier alpha value is -1.91. The summed E-state index contributed by atoms with van der Waals surface area (Å²) in [6.45, 7) is 4.38. The molecule has 0 fully saturated rings. The van der Waals surface area contributed by atoms with Crippen LogP contribution in [-0.4, -0.2) is 17.0 Å². The molecule has 0 saturated heterocycles. The molecule has 0 aliphatic carbocycles. The summed E-state index contributed by atoms with van der Waals surface area (Å²) >= 11 is 0. The van der Waals surface area contributed by atoms with Crippen molar-refractivity contribution in [1.29, 1.82) is 0 Å². The van der Waals surface area contributed by atoms with Gasteiger partial charge in [0.25, 0.3) is 0 Å². The molecule has 0 aliphatic heterocycles. The molecule has 0 aliphatic rings. The second-order valence-electron chi connectivity index (χ2n) is 3.87. The highest BCUT2D eigenvalue weighted by Gasteiger charge is 2.18. The summed E-state index contributed by atoms with van der Waals surface area (Å²) in [5.41, 5.74) is 0.288. The number of carboxylic acids is 1. The highest BCUT2D eigenvalue weighted by molar-refractivity contribution is 5.89. The number of amides is 1. The summed E-state index contributed by atoms with van der Waals surface area (Å²) in [6.07, 6.45) is 0. The minimum absolute atomic E-state index is 0.0683. The number of benzene rings is 1. The second-order valence-corrected chi connectivity index (χ2v) is 3.87. The van der Waals surface area contributed by atoms with Crippen molar-refractivity contribution in [2.45, 2.75) is 26.8 Å². The summed E-state index contributed by atoms with van der Waals surface area (Å²) in [5.74, 6) is -2.02. The number of carboxylic acid groups (broad SMARTS) is 1. The zero-order valence-corrected chi connectivity index (χ0v) is 9.87. The van der Waals surface area contributed by atoms with E-state index < -0.39 is 17.8 Å². The van der Waals surface area contributed by atoms with Gasteiger partial charge in [-0.2, -0.15) is 0 Å². The fourth-order valence-corrected chi connectivity index (χ4v) is 1.65. The van der Waals surface area contributed by atoms with E-state index >= 15 is 0 Å². The molecule has 1 aromatic rings. The molecule has 1 unspecified atom stereocenters. The lowest BCUT2D eigenvalue weighted by Crippen LogP contribution is -2.24. The first kappa shape index (κ1) is 13.2. The molecule has 0 radical (unpaired) electrons. The molecule has 1 atom stereocenters. The predicted octanol–water partition coefficient (Wildman–Crippen LogP) is 2.03. The number of carbonyl (C=O) groups excluding carboxylic acids is 1. The molecule has 1 rings (SSSR count). The van der Waals surface area contributed by atoms with Crippen LogP contribution in [0.1, 0.15) is 41.4 Å². The van der Waals surface area contributed by atoms with Crippen LogP contribution >= 0.6 is 0 Å². The molecule has 1 aromatic carbocycles. The molecular formula is C12H14FNO3. The second kappa shape index (κ2) is 4.95. The van der Waals surface area contributed by atoms with Crippen molar-refractivity contribution in [3.63, 3.8) is 0 Å². The summed E-state index contributed by atoms with van der Waals surface area (Å²) < 4.78 is 13.9. The number of halogens is 1. The Labute approximate surface area is 98.5 Å². The average molecular weight is 239 g/mol. The maximum atomic E-state index is 13.9. The number of aromatic carboxylic acids is 1. The molecule has 17 heavy (non-hydrogen) atoms. The van der Waals surface area contributed by atoms with Gasteiger partial charge in [-0.25, -0.2) is 9.18 Å². The summed E-state index contributed by atoms with van der Waals surface area (Å²) in [4.78, 5) is 21.7. The Balaban J connectivity index is 3.16. The summed E-state index contributed by atoms with van der Waals surface area (Å²) in [5, 5.41) is 11.4. The van der Waals surface area contributed by atoms with Crippen LogP contribution in [0.15, 0.2) is 12.1 Å². The van der Waals surface area contributed by atoms with Gasteiger partial charge in [0, 0.05) is 12.5 Å². The van der Waals surface area contributed by atoms with Crippen molar-refractivity contribution < 1.29 is 19.1 Å². The van der Waals surface area contributed by atoms with E-state index in [1.54, 1.807) is 6.92 Å². The lowest BCUT2D eigenvalue weighted by Gasteiger charge is -2.15. The van der Waals surface area contributed by atoms with E-state index in [0.717, 1.165) is 0 Å². The highest BCUT2D eigenvalue weighted by atomic mass is 19.1. The van der Waals surface area contributed by atoms with E-state index in [4.69, 9.17) is 5.11 Å². The predicted molar refractivity (Wildman–Crippen MR) is 60.3 cm³/mol. The maximum absolute atomic E-state index is 13.9. The first-order chi connectivity index (χ1) is 7.84. The Morgan fingerprint density at radius 2 is 2.00 bits per heavy atom. The molecule has 0 bridgehead atoms. The van der Waals surface area contributed by atoms with E-state index in [-0.39, 0.29) is 22.6 Å². The van der Waals surface area contributed by atoms with Gasteiger partial charge in [-0.05, 0) is 25.5 Å². The van der Waals surface area contributed by atoms with Gasteiger partial charge >= 0.3 is 5.97 Å². The monoisotopic (exact) mass is 239 g/mol. The number of rotatable bonds is 3. The standard InChI is InChI=1S/C12H14FNO3/c1-6-9(12(16)17)4-5-10(11(6)13)7(2)14-8(3)15/h4-5,7H,1-3H3,(H,14,15)(H,16,17). The van der Waals surface area contributed by atoms with Gasteiger partial charge in [-0.3, -0.25) is 4.79 Å². The molecule has 0 aromatic heterocycles. The van der Waals surface area contributed by atoms with Crippen molar-refractivity contribution in [1.82, 2.24) is 5.32 Å². The number of carbonyl (C=O) groups is 2. The van der Waals surface area contributed by atoms with E-state index in [1.165, 1.54) is 26.0 Å². The average Bonchev–Trinajstić information content (AvgIpc) is 2.20. The van der Waals surface area contributed by atoms with E-state index in [0.29, 0.717) is 0 Å². The van der Waals surface area contributed by atoms with Gasteiger partial charge in [0.2, 0.25) is 5.91 Å². The van der Waals surface area contributed by atoms with Gasteiger partial charge in [0.15, 0.2) is 0 Å². The topological polar surface area (TPSA) is 66.4 Å². The number of nitrogens with one attached hydrogen (secondary N) is 1. The van der Waals surface area contributed by atoms with Crippen LogP contribution in [0.4, 0.5) is 4.39 Å². The van der Waals surface area contributed by atoms with E-state index in [9.17, 15) is 14.0 Å². The highest BCUT2D eigenvalue weighted by Crippen LogP contribution is 2.22. The van der Waals surface area contributed by atoms with Crippen LogP contribution in [-0.2, 0) is 4.79 Å². The summed E-state index contributed by atoms with van der Waals surface area (Å²) in [7, 11) is 0. The third kappa shape index (κ3) is 2.81. The smallest absolute Gasteiger partial charge is 0.336 e. The van der Waals surface area contributed by atoms with Gasteiger partial charge in [0.05, 0.1) is 11.6 Å². The minimum Gasteiger partial charge on any atom is -0.478 e. The van der Waals surface area contributed by atoms with Gasteiger partial charge < -0.3 is 10.4 Å². The van der Waals surface area contributed by atoms with Gasteiger partial charge in [-0.15, -0.1) is 0 Å². The quantitative estimate of drug-likeness (QED) is 0.848. The summed E-state index contributed by atoms with van der Waals surface area (Å²) in [6, 6.07) is 2.23. The fourth-order valence-electron chi connectivity index (χ4n) is 1.65. The van der Waals surface area contributed by atoms with Crippen LogP contribution < -0.4 is 5.32 Å². The normalized spacial score (nSPS) is 12.0. The largest absolute Gasteiger partial charge is 0.478 e. The van der Waals surface area contributed by atoms with Crippen LogP contribution in [0.2, 0.25) is 0 Å². The molecule has 0 spiro atoms. The molecule has 2 N–H and O–H groups in total. The Bertz CT molecular complexity index is 471. The van der Waals surface area contributed by atoms with Crippen LogP contribution in [0.5, 0.6) is 0 Å². The molecule has 92 valence electrons. The lowest BCUT2D eigenvalue weighted by molar-refractivity contribution is -0.119. The molecule has 5 heteroatoms. The molecule has 4 nitrogen and oxygen atoms in total. The minimum atomic E-state index is -1.17. The maximum Gasteiger partial charge on any atom is 0.336 e. The van der Waals surface area contributed by atoms with Crippen molar-refractivity contribution >= 4 is 11.9 Å². The molecule has 0 heterocycles. The van der Waals surface area contributed by atoms with E-state index in [1.807, 2.05) is 0 Å². The zero-order valence-electron chi connectivity index (χ0n) is 9.87. The lowest BCUT2D eigenvalue weighted by atomic mass is 10.00. The zero-order chi connectivity index (χ0) is 13.2. The SMILES string of the molecule is CC(=O)NC(C)c1ccc(C(=O)O)c(C)c1F. The Morgan fingerprint density at radius 3 is 2.47 bits per heavy atom. The number of hydrogen-bond acceptors (Lipinski definition) is 2. The third-order valence-electron chi connectivity index (χ3n) is 2.53. The number of hydrogen-bond donors (Lipinski definition) is 2.